The number of anilines is 1. The predicted octanol–water partition coefficient (Wildman–Crippen LogP) is 3.05. The van der Waals surface area contributed by atoms with E-state index in [2.05, 4.69) is 10.3 Å². The van der Waals surface area contributed by atoms with E-state index in [4.69, 9.17) is 4.74 Å². The van der Waals surface area contributed by atoms with E-state index in [1.165, 1.54) is 0 Å². The van der Waals surface area contributed by atoms with Crippen LogP contribution in [0.4, 0.5) is 5.69 Å². The van der Waals surface area contributed by atoms with Gasteiger partial charge in [-0.15, -0.1) is 0 Å². The van der Waals surface area contributed by atoms with E-state index in [1.54, 1.807) is 6.08 Å². The van der Waals surface area contributed by atoms with Crippen LogP contribution in [-0.4, -0.2) is 42.5 Å². The molecular weight excluding hydrogens is 314 g/mol. The number of morpholine rings is 1. The first kappa shape index (κ1) is 17.2. The molecule has 0 saturated carbocycles. The van der Waals surface area contributed by atoms with Crippen LogP contribution in [0.3, 0.4) is 0 Å². The summed E-state index contributed by atoms with van der Waals surface area (Å²) in [4.78, 5) is 18.9. The first-order chi connectivity index (χ1) is 12.2. The number of carbonyl (C=O) groups excluding carboxylic acids is 1. The van der Waals surface area contributed by atoms with Crippen LogP contribution >= 0.6 is 0 Å². The fourth-order valence-electron chi connectivity index (χ4n) is 2.87. The summed E-state index contributed by atoms with van der Waals surface area (Å²) in [6.45, 7) is 3.58. The first-order valence-corrected chi connectivity index (χ1v) is 8.45. The van der Waals surface area contributed by atoms with Crippen molar-refractivity contribution in [2.45, 2.75) is 13.0 Å². The van der Waals surface area contributed by atoms with Crippen molar-refractivity contribution in [2.75, 3.05) is 32.1 Å². The summed E-state index contributed by atoms with van der Waals surface area (Å²) in [5.74, 6) is -0.00125. The molecule has 1 amide bonds. The molecule has 1 N–H and O–H groups in total. The van der Waals surface area contributed by atoms with Crippen molar-refractivity contribution in [1.82, 2.24) is 9.88 Å². The van der Waals surface area contributed by atoms with Crippen molar-refractivity contribution >= 4 is 17.7 Å². The van der Waals surface area contributed by atoms with Crippen LogP contribution < -0.4 is 5.32 Å². The standard InChI is InChI=1S/C20H23N3O2/c1-15-12-17(21-2)13-18(22-15)19-14-23(10-11-25-19)20(24)9-8-16-6-4-3-5-7-16/h3-9,12-13,19H,10-11,14H2,1-2H3,(H,21,22)/b9-8+/t19-/m0/s1. The average Bonchev–Trinajstić information content (AvgIpc) is 2.66. The van der Waals surface area contributed by atoms with Gasteiger partial charge in [-0.3, -0.25) is 9.78 Å². The molecule has 2 heterocycles. The highest BCUT2D eigenvalue weighted by atomic mass is 16.5. The Kier molecular flexibility index (Phi) is 5.46. The molecule has 2 aromatic rings. The number of hydrogen-bond acceptors (Lipinski definition) is 4. The Morgan fingerprint density at radius 1 is 1.32 bits per heavy atom. The maximum Gasteiger partial charge on any atom is 0.246 e. The minimum Gasteiger partial charge on any atom is -0.388 e. The van der Waals surface area contributed by atoms with Crippen LogP contribution in [0.1, 0.15) is 23.1 Å². The lowest BCUT2D eigenvalue weighted by Crippen LogP contribution is -2.41. The van der Waals surface area contributed by atoms with Gasteiger partial charge in [0.1, 0.15) is 6.10 Å². The van der Waals surface area contributed by atoms with Gasteiger partial charge in [0.15, 0.2) is 0 Å². The molecule has 25 heavy (non-hydrogen) atoms. The average molecular weight is 337 g/mol. The number of nitrogens with one attached hydrogen (secondary N) is 1. The first-order valence-electron chi connectivity index (χ1n) is 8.45. The zero-order chi connectivity index (χ0) is 17.6. The predicted molar refractivity (Wildman–Crippen MR) is 99.3 cm³/mol. The molecule has 130 valence electrons. The summed E-state index contributed by atoms with van der Waals surface area (Å²) in [6, 6.07) is 13.8. The zero-order valence-electron chi connectivity index (χ0n) is 14.6. The Balaban J connectivity index is 1.69. The summed E-state index contributed by atoms with van der Waals surface area (Å²) in [6.07, 6.45) is 3.27. The van der Waals surface area contributed by atoms with Crippen molar-refractivity contribution in [3.05, 3.63) is 65.5 Å². The largest absolute Gasteiger partial charge is 0.388 e. The van der Waals surface area contributed by atoms with Crippen molar-refractivity contribution < 1.29 is 9.53 Å². The van der Waals surface area contributed by atoms with Gasteiger partial charge < -0.3 is 15.0 Å². The maximum atomic E-state index is 12.5. The van der Waals surface area contributed by atoms with Gasteiger partial charge in [0.25, 0.3) is 0 Å². The molecule has 1 saturated heterocycles. The highest BCUT2D eigenvalue weighted by Gasteiger charge is 2.25. The van der Waals surface area contributed by atoms with Gasteiger partial charge in [-0.2, -0.15) is 0 Å². The van der Waals surface area contributed by atoms with E-state index in [-0.39, 0.29) is 12.0 Å². The minimum atomic E-state index is -0.199. The molecule has 5 nitrogen and oxygen atoms in total. The normalized spacial score (nSPS) is 17.7. The lowest BCUT2D eigenvalue weighted by atomic mass is 10.1. The zero-order valence-corrected chi connectivity index (χ0v) is 14.6. The van der Waals surface area contributed by atoms with E-state index < -0.39 is 0 Å². The molecule has 1 aliphatic heterocycles. The van der Waals surface area contributed by atoms with E-state index in [0.29, 0.717) is 19.7 Å². The Bertz CT molecular complexity index is 759. The second-order valence-electron chi connectivity index (χ2n) is 6.06. The fraction of sp³-hybridized carbons (Fsp3) is 0.300. The van der Waals surface area contributed by atoms with Gasteiger partial charge in [0, 0.05) is 31.0 Å². The van der Waals surface area contributed by atoms with Gasteiger partial charge in [-0.05, 0) is 30.7 Å². The van der Waals surface area contributed by atoms with Crippen LogP contribution in [0, 0.1) is 6.92 Å². The van der Waals surface area contributed by atoms with Crippen molar-refractivity contribution in [1.29, 1.82) is 0 Å². The third kappa shape index (κ3) is 4.45. The molecule has 3 rings (SSSR count). The smallest absolute Gasteiger partial charge is 0.246 e. The summed E-state index contributed by atoms with van der Waals surface area (Å²) in [5, 5.41) is 3.13. The SMILES string of the molecule is CNc1cc(C)nc([C@@H]2CN(C(=O)/C=C/c3ccccc3)CCO2)c1. The van der Waals surface area contributed by atoms with Crippen LogP contribution in [0.2, 0.25) is 0 Å². The second kappa shape index (κ2) is 7.94. The summed E-state index contributed by atoms with van der Waals surface area (Å²) >= 11 is 0. The summed E-state index contributed by atoms with van der Waals surface area (Å²) < 4.78 is 5.85. The summed E-state index contributed by atoms with van der Waals surface area (Å²) in [5.41, 5.74) is 3.80. The van der Waals surface area contributed by atoms with E-state index >= 15 is 0 Å². The Hall–Kier alpha value is -2.66. The van der Waals surface area contributed by atoms with Gasteiger partial charge in [-0.1, -0.05) is 30.3 Å². The molecule has 0 bridgehead atoms. The molecule has 1 atom stereocenters. The van der Waals surface area contributed by atoms with Gasteiger partial charge in [0.2, 0.25) is 5.91 Å². The minimum absolute atomic E-state index is 0.00125. The van der Waals surface area contributed by atoms with Gasteiger partial charge in [0.05, 0.1) is 18.8 Å². The van der Waals surface area contributed by atoms with E-state index in [9.17, 15) is 4.79 Å². The molecule has 0 aliphatic carbocycles. The Morgan fingerprint density at radius 3 is 2.88 bits per heavy atom. The number of carbonyl (C=O) groups is 1. The molecular formula is C20H23N3O2. The van der Waals surface area contributed by atoms with Crippen LogP contribution in [0.25, 0.3) is 6.08 Å². The third-order valence-corrected chi connectivity index (χ3v) is 4.19. The van der Waals surface area contributed by atoms with E-state index in [0.717, 1.165) is 22.6 Å². The number of benzene rings is 1. The second-order valence-corrected chi connectivity index (χ2v) is 6.06. The number of ether oxygens (including phenoxy) is 1. The highest BCUT2D eigenvalue weighted by Crippen LogP contribution is 2.24. The monoisotopic (exact) mass is 337 g/mol. The number of pyridine rings is 1. The third-order valence-electron chi connectivity index (χ3n) is 4.19. The van der Waals surface area contributed by atoms with Crippen molar-refractivity contribution in [3.8, 4) is 0 Å². The lowest BCUT2D eigenvalue weighted by Gasteiger charge is -2.32. The van der Waals surface area contributed by atoms with Gasteiger partial charge >= 0.3 is 0 Å². The van der Waals surface area contributed by atoms with Crippen LogP contribution in [0.5, 0.6) is 0 Å². The lowest BCUT2D eigenvalue weighted by molar-refractivity contribution is -0.133. The highest BCUT2D eigenvalue weighted by molar-refractivity contribution is 5.91. The Morgan fingerprint density at radius 2 is 2.12 bits per heavy atom. The number of aromatic nitrogens is 1. The number of amides is 1. The van der Waals surface area contributed by atoms with Crippen molar-refractivity contribution in [3.63, 3.8) is 0 Å². The molecule has 5 heteroatoms. The topological polar surface area (TPSA) is 54.5 Å². The fourth-order valence-corrected chi connectivity index (χ4v) is 2.87. The maximum absolute atomic E-state index is 12.5. The van der Waals surface area contributed by atoms with E-state index in [1.807, 2.05) is 67.4 Å². The van der Waals surface area contributed by atoms with Crippen LogP contribution in [-0.2, 0) is 9.53 Å². The number of rotatable bonds is 4. The molecule has 1 aliphatic rings. The summed E-state index contributed by atoms with van der Waals surface area (Å²) in [7, 11) is 1.88. The Labute approximate surface area is 148 Å². The molecule has 1 aromatic heterocycles. The molecule has 1 aromatic carbocycles. The van der Waals surface area contributed by atoms with Crippen molar-refractivity contribution in [2.24, 2.45) is 0 Å². The molecule has 0 spiro atoms. The number of nitrogens with zero attached hydrogens (tertiary/aromatic N) is 2. The molecule has 0 unspecified atom stereocenters. The molecule has 1 fully saturated rings. The number of hydrogen-bond donors (Lipinski definition) is 1. The number of aryl methyl sites for hydroxylation is 1. The van der Waals surface area contributed by atoms with Gasteiger partial charge in [-0.25, -0.2) is 0 Å². The quantitative estimate of drug-likeness (QED) is 0.871. The molecule has 0 radical (unpaired) electrons. The van der Waals surface area contributed by atoms with Crippen LogP contribution in [0.15, 0.2) is 48.5 Å².